The molecule has 2 aromatic carbocycles. The van der Waals surface area contributed by atoms with Crippen LogP contribution in [0.5, 0.6) is 0 Å². The predicted octanol–water partition coefficient (Wildman–Crippen LogP) is 5.20. The van der Waals surface area contributed by atoms with Gasteiger partial charge in [0, 0.05) is 55.2 Å². The number of amides is 2. The molecule has 3 heterocycles. The summed E-state index contributed by atoms with van der Waals surface area (Å²) in [6.45, 7) is 4.47. The van der Waals surface area contributed by atoms with Crippen LogP contribution in [0.25, 0.3) is 11.3 Å². The molecular weight excluding hydrogens is 600 g/mol. The molecule has 0 spiro atoms. The van der Waals surface area contributed by atoms with Gasteiger partial charge in [-0.15, -0.1) is 11.3 Å². The average molecular weight is 641 g/mol. The first-order valence-electron chi connectivity index (χ1n) is 15.8. The third-order valence-corrected chi connectivity index (χ3v) is 10.0. The second-order valence-electron chi connectivity index (χ2n) is 11.9. The van der Waals surface area contributed by atoms with Crippen molar-refractivity contribution in [2.75, 3.05) is 44.0 Å². The standard InChI is InChI=1S/C35H40N6O4S/c1-22-26(9-7-10-27(22)39-33(42)30-20-24-8-5-4-6-11-29(24)46-30)28-21-40(3)35(44)32(38-28)37-25-14-12-23(13-15-25)31(34(43)36-2)41-16-18-45-19-17-41/h7,9-10,12-15,20-21,31H,4-6,8,11,16-19H2,1-3H3,(H,36,43)(H,37,38)(H,39,42). The van der Waals surface area contributed by atoms with Gasteiger partial charge in [-0.1, -0.05) is 30.7 Å². The summed E-state index contributed by atoms with van der Waals surface area (Å²) in [6.07, 6.45) is 7.39. The van der Waals surface area contributed by atoms with Crippen LogP contribution < -0.4 is 21.5 Å². The third kappa shape index (κ3) is 6.76. The van der Waals surface area contributed by atoms with E-state index in [2.05, 4.69) is 26.9 Å². The van der Waals surface area contributed by atoms with E-state index in [1.807, 2.05) is 49.4 Å². The molecule has 1 aliphatic carbocycles. The van der Waals surface area contributed by atoms with Crippen molar-refractivity contribution < 1.29 is 14.3 Å². The van der Waals surface area contributed by atoms with Crippen molar-refractivity contribution in [3.8, 4) is 11.3 Å². The van der Waals surface area contributed by atoms with Gasteiger partial charge in [-0.25, -0.2) is 4.98 Å². The first kappa shape index (κ1) is 31.7. The van der Waals surface area contributed by atoms with Crippen LogP contribution >= 0.6 is 11.3 Å². The van der Waals surface area contributed by atoms with E-state index < -0.39 is 6.04 Å². The lowest BCUT2D eigenvalue weighted by Crippen LogP contribution is -2.45. The number of ether oxygens (including phenoxy) is 1. The molecule has 2 amide bonds. The molecular formula is C35H40N6O4S. The molecule has 1 unspecified atom stereocenters. The Balaban J connectivity index is 1.22. The van der Waals surface area contributed by atoms with Gasteiger partial charge in [0.05, 0.1) is 23.8 Å². The number of hydrogen-bond acceptors (Lipinski definition) is 8. The smallest absolute Gasteiger partial charge is 0.293 e. The van der Waals surface area contributed by atoms with Crippen molar-refractivity contribution in [1.82, 2.24) is 19.8 Å². The lowest BCUT2D eigenvalue weighted by molar-refractivity contribution is -0.128. The molecule has 10 nitrogen and oxygen atoms in total. The lowest BCUT2D eigenvalue weighted by atomic mass is 10.0. The quantitative estimate of drug-likeness (QED) is 0.227. The monoisotopic (exact) mass is 640 g/mol. The van der Waals surface area contributed by atoms with Crippen molar-refractivity contribution in [3.05, 3.63) is 91.5 Å². The van der Waals surface area contributed by atoms with Crippen LogP contribution in [0.15, 0.2) is 59.5 Å². The van der Waals surface area contributed by atoms with Crippen molar-refractivity contribution in [3.63, 3.8) is 0 Å². The Kier molecular flexibility index (Phi) is 9.62. The second kappa shape index (κ2) is 14.0. The van der Waals surface area contributed by atoms with E-state index in [0.29, 0.717) is 43.4 Å². The van der Waals surface area contributed by atoms with E-state index in [1.165, 1.54) is 34.3 Å². The average Bonchev–Trinajstić information content (AvgIpc) is 3.35. The van der Waals surface area contributed by atoms with Gasteiger partial charge in [0.2, 0.25) is 5.91 Å². The molecule has 6 rings (SSSR count). The largest absolute Gasteiger partial charge is 0.379 e. The Labute approximate surface area is 272 Å². The van der Waals surface area contributed by atoms with Gasteiger partial charge in [0.15, 0.2) is 5.82 Å². The molecule has 2 aromatic heterocycles. The van der Waals surface area contributed by atoms with Gasteiger partial charge in [-0.05, 0) is 73.6 Å². The number of nitrogens with zero attached hydrogens (tertiary/aromatic N) is 3. The maximum absolute atomic E-state index is 13.3. The Bertz CT molecular complexity index is 1770. The van der Waals surface area contributed by atoms with Crippen molar-refractivity contribution in [1.29, 1.82) is 0 Å². The number of aryl methyl sites for hydroxylation is 3. The van der Waals surface area contributed by atoms with Crippen LogP contribution in [-0.2, 0) is 29.4 Å². The highest BCUT2D eigenvalue weighted by Crippen LogP contribution is 2.32. The van der Waals surface area contributed by atoms with E-state index in [0.717, 1.165) is 34.4 Å². The first-order valence-corrected chi connectivity index (χ1v) is 16.6. The minimum atomic E-state index is -0.428. The fourth-order valence-corrected chi connectivity index (χ4v) is 7.36. The minimum absolute atomic E-state index is 0.0791. The highest BCUT2D eigenvalue weighted by molar-refractivity contribution is 7.14. The summed E-state index contributed by atoms with van der Waals surface area (Å²) < 4.78 is 6.98. The summed E-state index contributed by atoms with van der Waals surface area (Å²) >= 11 is 1.60. The van der Waals surface area contributed by atoms with Gasteiger partial charge in [-0.2, -0.15) is 0 Å². The van der Waals surface area contributed by atoms with E-state index in [1.54, 1.807) is 31.6 Å². The molecule has 46 heavy (non-hydrogen) atoms. The fourth-order valence-electron chi connectivity index (χ4n) is 6.22. The Morgan fingerprint density at radius 1 is 1.02 bits per heavy atom. The van der Waals surface area contributed by atoms with E-state index in [9.17, 15) is 14.4 Å². The van der Waals surface area contributed by atoms with E-state index in [-0.39, 0.29) is 23.2 Å². The summed E-state index contributed by atoms with van der Waals surface area (Å²) in [5.74, 6) is -0.00733. The summed E-state index contributed by atoms with van der Waals surface area (Å²) in [4.78, 5) is 48.1. The van der Waals surface area contributed by atoms with E-state index in [4.69, 9.17) is 9.72 Å². The number of fused-ring (bicyclic) bond motifs is 1. The highest BCUT2D eigenvalue weighted by Gasteiger charge is 2.28. The summed E-state index contributed by atoms with van der Waals surface area (Å²) in [5, 5.41) is 9.07. The van der Waals surface area contributed by atoms with Crippen LogP contribution in [0.3, 0.4) is 0 Å². The number of thiophene rings is 1. The van der Waals surface area contributed by atoms with Crippen molar-refractivity contribution in [2.24, 2.45) is 7.05 Å². The van der Waals surface area contributed by atoms with E-state index >= 15 is 0 Å². The van der Waals surface area contributed by atoms with Crippen molar-refractivity contribution >= 4 is 40.3 Å². The van der Waals surface area contributed by atoms with Crippen LogP contribution in [0, 0.1) is 6.92 Å². The van der Waals surface area contributed by atoms with Gasteiger partial charge in [0.25, 0.3) is 11.5 Å². The molecule has 0 radical (unpaired) electrons. The molecule has 2 aliphatic rings. The zero-order valence-corrected chi connectivity index (χ0v) is 27.3. The highest BCUT2D eigenvalue weighted by atomic mass is 32.1. The maximum atomic E-state index is 13.3. The number of aromatic nitrogens is 2. The number of carbonyl (C=O) groups excluding carboxylic acids is 2. The Morgan fingerprint density at radius 3 is 2.54 bits per heavy atom. The normalized spacial score (nSPS) is 15.8. The molecule has 0 saturated carbocycles. The van der Waals surface area contributed by atoms with Crippen LogP contribution in [0.4, 0.5) is 17.2 Å². The molecule has 0 bridgehead atoms. The lowest BCUT2D eigenvalue weighted by Gasteiger charge is -2.33. The number of hydrogen-bond donors (Lipinski definition) is 3. The van der Waals surface area contributed by atoms with Gasteiger partial charge in [-0.3, -0.25) is 19.3 Å². The molecule has 1 saturated heterocycles. The summed E-state index contributed by atoms with van der Waals surface area (Å²) in [6, 6.07) is 14.8. The van der Waals surface area contributed by atoms with Gasteiger partial charge in [0.1, 0.15) is 6.04 Å². The molecule has 1 atom stereocenters. The Hall–Kier alpha value is -4.32. The zero-order valence-electron chi connectivity index (χ0n) is 26.5. The van der Waals surface area contributed by atoms with Gasteiger partial charge >= 0.3 is 0 Å². The topological polar surface area (TPSA) is 118 Å². The number of morpholine rings is 1. The zero-order chi connectivity index (χ0) is 32.2. The minimum Gasteiger partial charge on any atom is -0.379 e. The SMILES string of the molecule is CNC(=O)C(c1ccc(Nc2nc(-c3cccc(NC(=O)c4cc5c(s4)CCCCC5)c3C)cn(C)c2=O)cc1)N1CCOCC1. The van der Waals surface area contributed by atoms with Crippen LogP contribution in [-0.4, -0.2) is 59.6 Å². The number of carbonyl (C=O) groups is 2. The number of likely N-dealkylation sites (N-methyl/N-ethyl adjacent to an activating group) is 1. The number of anilines is 3. The molecule has 240 valence electrons. The Morgan fingerprint density at radius 2 is 1.78 bits per heavy atom. The fraction of sp³-hybridized carbons (Fsp3) is 0.371. The first-order chi connectivity index (χ1) is 22.3. The molecule has 3 N–H and O–H groups in total. The number of benzene rings is 2. The van der Waals surface area contributed by atoms with Crippen molar-refractivity contribution in [2.45, 2.75) is 45.1 Å². The maximum Gasteiger partial charge on any atom is 0.293 e. The summed E-state index contributed by atoms with van der Waals surface area (Å²) in [7, 11) is 3.34. The summed E-state index contributed by atoms with van der Waals surface area (Å²) in [5.41, 5.74) is 5.55. The molecule has 1 fully saturated rings. The number of nitrogens with one attached hydrogen (secondary N) is 3. The molecule has 4 aromatic rings. The molecule has 11 heteroatoms. The third-order valence-electron chi connectivity index (χ3n) is 8.79. The predicted molar refractivity (Wildman–Crippen MR) is 182 cm³/mol. The van der Waals surface area contributed by atoms with Crippen LogP contribution in [0.2, 0.25) is 0 Å². The van der Waals surface area contributed by atoms with Gasteiger partial charge < -0.3 is 25.3 Å². The van der Waals surface area contributed by atoms with Crippen LogP contribution in [0.1, 0.15) is 56.5 Å². The number of rotatable bonds is 8. The molecule has 1 aliphatic heterocycles. The second-order valence-corrected chi connectivity index (χ2v) is 13.0.